The number of piperidine rings is 1. The Hall–Kier alpha value is -1.55. The van der Waals surface area contributed by atoms with Gasteiger partial charge in [-0.2, -0.15) is 0 Å². The van der Waals surface area contributed by atoms with E-state index in [0.717, 1.165) is 24.2 Å². The van der Waals surface area contributed by atoms with Crippen molar-refractivity contribution in [1.29, 1.82) is 0 Å². The minimum atomic E-state index is 0.235. The zero-order valence-electron chi connectivity index (χ0n) is 12.1. The SMILES string of the molecule is O=C(CC1CC2CCC(C1)N2)c1ccc2c(c1)OCCO2. The van der Waals surface area contributed by atoms with Gasteiger partial charge in [0.25, 0.3) is 0 Å². The van der Waals surface area contributed by atoms with Gasteiger partial charge in [-0.05, 0) is 49.8 Å². The third-order valence-electron chi connectivity index (χ3n) is 4.91. The fraction of sp³-hybridized carbons (Fsp3) is 0.588. The molecular formula is C17H21NO3. The van der Waals surface area contributed by atoms with Crippen LogP contribution in [0.1, 0.15) is 42.5 Å². The van der Waals surface area contributed by atoms with Crippen molar-refractivity contribution in [2.75, 3.05) is 13.2 Å². The molecule has 4 heteroatoms. The number of hydrogen-bond acceptors (Lipinski definition) is 4. The molecule has 3 aliphatic heterocycles. The fourth-order valence-corrected chi connectivity index (χ4v) is 3.94. The number of Topliss-reactive ketones (excluding diaryl/α,β-unsaturated/α-hetero) is 1. The minimum Gasteiger partial charge on any atom is -0.486 e. The fourth-order valence-electron chi connectivity index (χ4n) is 3.94. The van der Waals surface area contributed by atoms with Crippen LogP contribution in [0.5, 0.6) is 11.5 Å². The van der Waals surface area contributed by atoms with E-state index >= 15 is 0 Å². The lowest BCUT2D eigenvalue weighted by atomic mass is 9.87. The Balaban J connectivity index is 1.45. The van der Waals surface area contributed by atoms with Crippen molar-refractivity contribution in [1.82, 2.24) is 5.32 Å². The zero-order chi connectivity index (χ0) is 14.2. The lowest BCUT2D eigenvalue weighted by Crippen LogP contribution is -2.38. The minimum absolute atomic E-state index is 0.235. The molecule has 1 aromatic rings. The van der Waals surface area contributed by atoms with Crippen molar-refractivity contribution in [3.05, 3.63) is 23.8 Å². The Morgan fingerprint density at radius 2 is 1.81 bits per heavy atom. The molecule has 0 radical (unpaired) electrons. The van der Waals surface area contributed by atoms with Crippen molar-refractivity contribution < 1.29 is 14.3 Å². The van der Waals surface area contributed by atoms with Crippen molar-refractivity contribution in [3.8, 4) is 11.5 Å². The Morgan fingerprint density at radius 3 is 2.57 bits per heavy atom. The molecule has 2 saturated heterocycles. The van der Waals surface area contributed by atoms with Crippen molar-refractivity contribution in [2.45, 2.75) is 44.2 Å². The van der Waals surface area contributed by atoms with Crippen LogP contribution in [-0.4, -0.2) is 31.1 Å². The van der Waals surface area contributed by atoms with E-state index in [1.54, 1.807) is 0 Å². The third kappa shape index (κ3) is 2.64. The highest BCUT2D eigenvalue weighted by Crippen LogP contribution is 2.35. The molecule has 4 nitrogen and oxygen atoms in total. The van der Waals surface area contributed by atoms with E-state index in [9.17, 15) is 4.79 Å². The summed E-state index contributed by atoms with van der Waals surface area (Å²) >= 11 is 0. The molecular weight excluding hydrogens is 266 g/mol. The average Bonchev–Trinajstić information content (AvgIpc) is 2.85. The third-order valence-corrected chi connectivity index (χ3v) is 4.91. The lowest BCUT2D eigenvalue weighted by molar-refractivity contribution is 0.0944. The normalized spacial score (nSPS) is 30.2. The van der Waals surface area contributed by atoms with Gasteiger partial charge in [0, 0.05) is 24.1 Å². The van der Waals surface area contributed by atoms with Gasteiger partial charge in [0.05, 0.1) is 0 Å². The van der Waals surface area contributed by atoms with E-state index in [0.29, 0.717) is 43.4 Å². The summed E-state index contributed by atoms with van der Waals surface area (Å²) < 4.78 is 11.1. The van der Waals surface area contributed by atoms with Gasteiger partial charge in [-0.3, -0.25) is 4.79 Å². The molecule has 4 rings (SSSR count). The number of carbonyl (C=O) groups is 1. The van der Waals surface area contributed by atoms with Crippen molar-refractivity contribution >= 4 is 5.78 Å². The van der Waals surface area contributed by atoms with Crippen LogP contribution >= 0.6 is 0 Å². The first-order valence-electron chi connectivity index (χ1n) is 7.97. The Morgan fingerprint density at radius 1 is 1.10 bits per heavy atom. The Bertz CT molecular complexity index is 545. The number of fused-ring (bicyclic) bond motifs is 3. The summed E-state index contributed by atoms with van der Waals surface area (Å²) in [7, 11) is 0. The maximum Gasteiger partial charge on any atom is 0.163 e. The quantitative estimate of drug-likeness (QED) is 0.868. The van der Waals surface area contributed by atoms with E-state index in [1.165, 1.54) is 12.8 Å². The molecule has 2 bridgehead atoms. The van der Waals surface area contributed by atoms with Crippen molar-refractivity contribution in [2.24, 2.45) is 5.92 Å². The van der Waals surface area contributed by atoms with Gasteiger partial charge in [0.1, 0.15) is 13.2 Å². The molecule has 0 saturated carbocycles. The van der Waals surface area contributed by atoms with Crippen LogP contribution in [0.2, 0.25) is 0 Å². The van der Waals surface area contributed by atoms with E-state index in [4.69, 9.17) is 9.47 Å². The summed E-state index contributed by atoms with van der Waals surface area (Å²) in [6.07, 6.45) is 5.51. The maximum absolute atomic E-state index is 12.5. The second-order valence-electron chi connectivity index (χ2n) is 6.46. The highest BCUT2D eigenvalue weighted by Gasteiger charge is 2.34. The van der Waals surface area contributed by atoms with Gasteiger partial charge in [-0.25, -0.2) is 0 Å². The summed E-state index contributed by atoms with van der Waals surface area (Å²) in [6.45, 7) is 1.14. The van der Waals surface area contributed by atoms with Crippen LogP contribution < -0.4 is 14.8 Å². The van der Waals surface area contributed by atoms with Gasteiger partial charge in [-0.15, -0.1) is 0 Å². The smallest absolute Gasteiger partial charge is 0.163 e. The summed E-state index contributed by atoms with van der Waals surface area (Å²) in [5, 5.41) is 3.63. The number of benzene rings is 1. The van der Waals surface area contributed by atoms with E-state index in [1.807, 2.05) is 18.2 Å². The van der Waals surface area contributed by atoms with Crippen molar-refractivity contribution in [3.63, 3.8) is 0 Å². The first-order valence-corrected chi connectivity index (χ1v) is 7.97. The lowest BCUT2D eigenvalue weighted by Gasteiger charge is -2.28. The summed E-state index contributed by atoms with van der Waals surface area (Å²) in [5.74, 6) is 2.22. The second-order valence-corrected chi connectivity index (χ2v) is 6.46. The monoisotopic (exact) mass is 287 g/mol. The van der Waals surface area contributed by atoms with Crippen LogP contribution in [0.25, 0.3) is 0 Å². The Labute approximate surface area is 124 Å². The highest BCUT2D eigenvalue weighted by atomic mass is 16.6. The molecule has 2 unspecified atom stereocenters. The number of ether oxygens (including phenoxy) is 2. The second kappa shape index (κ2) is 5.34. The van der Waals surface area contributed by atoms with Crippen LogP contribution in [0.15, 0.2) is 18.2 Å². The topological polar surface area (TPSA) is 47.6 Å². The van der Waals surface area contributed by atoms with Crippen LogP contribution in [0.4, 0.5) is 0 Å². The Kier molecular flexibility index (Phi) is 3.34. The van der Waals surface area contributed by atoms with E-state index < -0.39 is 0 Å². The number of hydrogen-bond donors (Lipinski definition) is 1. The molecule has 3 heterocycles. The molecule has 1 N–H and O–H groups in total. The van der Waals surface area contributed by atoms with Crippen LogP contribution in [0.3, 0.4) is 0 Å². The number of nitrogens with one attached hydrogen (secondary N) is 1. The first-order chi connectivity index (χ1) is 10.3. The summed E-state index contributed by atoms with van der Waals surface area (Å²) in [4.78, 5) is 12.5. The number of rotatable bonds is 3. The van der Waals surface area contributed by atoms with Gasteiger partial charge < -0.3 is 14.8 Å². The van der Waals surface area contributed by atoms with E-state index in [2.05, 4.69) is 5.32 Å². The van der Waals surface area contributed by atoms with Gasteiger partial charge >= 0.3 is 0 Å². The molecule has 2 atom stereocenters. The molecule has 3 aliphatic rings. The standard InChI is InChI=1S/C17H21NO3/c19-15(9-11-7-13-2-3-14(8-11)18-13)12-1-4-16-17(10-12)21-6-5-20-16/h1,4,10-11,13-14,18H,2-3,5-9H2. The molecule has 112 valence electrons. The van der Waals surface area contributed by atoms with Gasteiger partial charge in [-0.1, -0.05) is 0 Å². The average molecular weight is 287 g/mol. The van der Waals surface area contributed by atoms with Crippen LogP contribution in [0, 0.1) is 5.92 Å². The zero-order valence-corrected chi connectivity index (χ0v) is 12.1. The predicted molar refractivity (Wildman–Crippen MR) is 79.0 cm³/mol. The molecule has 21 heavy (non-hydrogen) atoms. The first kappa shape index (κ1) is 13.1. The summed E-state index contributed by atoms with van der Waals surface area (Å²) in [6, 6.07) is 6.84. The maximum atomic E-state index is 12.5. The molecule has 2 fully saturated rings. The van der Waals surface area contributed by atoms with Gasteiger partial charge in [0.2, 0.25) is 0 Å². The highest BCUT2D eigenvalue weighted by molar-refractivity contribution is 5.96. The molecule has 0 aromatic heterocycles. The van der Waals surface area contributed by atoms with Crippen LogP contribution in [-0.2, 0) is 0 Å². The molecule has 0 spiro atoms. The predicted octanol–water partition coefficient (Wildman–Crippen LogP) is 2.56. The number of ketones is 1. The molecule has 0 amide bonds. The number of carbonyl (C=O) groups excluding carboxylic acids is 1. The van der Waals surface area contributed by atoms with E-state index in [-0.39, 0.29) is 5.78 Å². The largest absolute Gasteiger partial charge is 0.486 e. The molecule has 1 aromatic carbocycles. The molecule has 0 aliphatic carbocycles. The summed E-state index contributed by atoms with van der Waals surface area (Å²) in [5.41, 5.74) is 0.755. The van der Waals surface area contributed by atoms with Gasteiger partial charge in [0.15, 0.2) is 17.3 Å².